The molecule has 160 valence electrons. The normalized spacial score (nSPS) is 20.6. The quantitative estimate of drug-likeness (QED) is 0.487. The maximum atomic E-state index is 13.5. The number of benzene rings is 2. The van der Waals surface area contributed by atoms with Crippen LogP contribution in [0.5, 0.6) is 0 Å². The molecule has 31 heavy (non-hydrogen) atoms. The molecule has 0 aromatic heterocycles. The number of thioether (sulfide) groups is 1. The molecule has 1 fully saturated rings. The van der Waals surface area contributed by atoms with E-state index in [0.717, 1.165) is 10.0 Å². The summed E-state index contributed by atoms with van der Waals surface area (Å²) in [6.45, 7) is 3.75. The van der Waals surface area contributed by atoms with Crippen molar-refractivity contribution in [3.8, 4) is 0 Å². The molecule has 5 nitrogen and oxygen atoms in total. The van der Waals surface area contributed by atoms with E-state index >= 15 is 0 Å². The van der Waals surface area contributed by atoms with Crippen molar-refractivity contribution < 1.29 is 14.3 Å². The fraction of sp³-hybridized carbons (Fsp3) is 0.261. The van der Waals surface area contributed by atoms with Gasteiger partial charge in [0.25, 0.3) is 0 Å². The number of aliphatic imine (C=N–C) groups is 1. The van der Waals surface area contributed by atoms with Crippen molar-refractivity contribution in [2.75, 3.05) is 6.61 Å². The molecule has 0 radical (unpaired) electrons. The van der Waals surface area contributed by atoms with Crippen molar-refractivity contribution in [3.05, 3.63) is 80.4 Å². The van der Waals surface area contributed by atoms with Crippen LogP contribution in [0.2, 0.25) is 5.02 Å². The second kappa shape index (κ2) is 9.18. The van der Waals surface area contributed by atoms with Crippen LogP contribution < -0.4 is 0 Å². The Labute approximate surface area is 198 Å². The number of carbonyl (C=O) groups is 2. The molecular weight excluding hydrogens is 500 g/mol. The first-order valence-electron chi connectivity index (χ1n) is 9.86. The fourth-order valence-electron chi connectivity index (χ4n) is 3.76. The number of esters is 1. The highest BCUT2D eigenvalue weighted by atomic mass is 79.9. The summed E-state index contributed by atoms with van der Waals surface area (Å²) in [7, 11) is 0. The predicted octanol–water partition coefficient (Wildman–Crippen LogP) is 5.54. The van der Waals surface area contributed by atoms with Crippen molar-refractivity contribution in [1.29, 1.82) is 0 Å². The monoisotopic (exact) mass is 518 g/mol. The first kappa shape index (κ1) is 22.1. The largest absolute Gasteiger partial charge is 0.463 e. The Hall–Kier alpha value is -2.09. The number of hydrogen-bond acceptors (Lipinski definition) is 5. The Kier molecular flexibility index (Phi) is 6.55. The predicted molar refractivity (Wildman–Crippen MR) is 127 cm³/mol. The van der Waals surface area contributed by atoms with Gasteiger partial charge in [0, 0.05) is 9.50 Å². The van der Waals surface area contributed by atoms with E-state index in [-0.39, 0.29) is 17.8 Å². The van der Waals surface area contributed by atoms with Gasteiger partial charge < -0.3 is 4.74 Å². The van der Waals surface area contributed by atoms with Crippen LogP contribution in [0.4, 0.5) is 0 Å². The molecule has 0 N–H and O–H groups in total. The smallest absolute Gasteiger partial charge is 0.338 e. The van der Waals surface area contributed by atoms with Crippen LogP contribution in [0.3, 0.4) is 0 Å². The number of hydrogen-bond donors (Lipinski definition) is 0. The van der Waals surface area contributed by atoms with E-state index in [9.17, 15) is 9.59 Å². The number of amides is 1. The minimum Gasteiger partial charge on any atom is -0.463 e. The van der Waals surface area contributed by atoms with E-state index in [4.69, 9.17) is 16.3 Å². The van der Waals surface area contributed by atoms with E-state index in [1.165, 1.54) is 11.8 Å². The van der Waals surface area contributed by atoms with Gasteiger partial charge in [-0.2, -0.15) is 0 Å². The number of nitrogens with zero attached hydrogens (tertiary/aromatic N) is 2. The van der Waals surface area contributed by atoms with Gasteiger partial charge >= 0.3 is 5.97 Å². The first-order valence-corrected chi connectivity index (χ1v) is 11.9. The van der Waals surface area contributed by atoms with Gasteiger partial charge in [-0.05, 0) is 49.6 Å². The number of carbonyl (C=O) groups excluding carboxylic acids is 2. The maximum Gasteiger partial charge on any atom is 0.338 e. The van der Waals surface area contributed by atoms with Crippen LogP contribution in [0.15, 0.2) is 69.3 Å². The average Bonchev–Trinajstić information content (AvgIpc) is 3.04. The highest BCUT2D eigenvalue weighted by Gasteiger charge is 2.48. The van der Waals surface area contributed by atoms with Gasteiger partial charge in [0.05, 0.1) is 29.2 Å². The van der Waals surface area contributed by atoms with E-state index in [0.29, 0.717) is 33.4 Å². The molecule has 0 spiro atoms. The molecule has 0 bridgehead atoms. The molecule has 2 aliphatic heterocycles. The third kappa shape index (κ3) is 4.31. The second-order valence-corrected chi connectivity index (χ2v) is 9.68. The summed E-state index contributed by atoms with van der Waals surface area (Å²) in [4.78, 5) is 32.6. The summed E-state index contributed by atoms with van der Waals surface area (Å²) in [6.07, 6.45) is 0.565. The second-order valence-electron chi connectivity index (χ2n) is 7.18. The third-order valence-corrected chi connectivity index (χ3v) is 7.21. The minimum absolute atomic E-state index is 0.0918. The zero-order valence-electron chi connectivity index (χ0n) is 17.0. The van der Waals surface area contributed by atoms with Gasteiger partial charge in [-0.1, -0.05) is 69.6 Å². The standard InChI is InChI=1S/C23H20BrClN2O3S/c1-3-30-22(29)19-13(2)26-23-27(20(19)16-6-4-5-7-17(16)25)21(28)18(31-23)12-14-8-10-15(24)11-9-14/h4-11,18,20H,3,12H2,1-2H3/t18-,20+/m0/s1. The molecule has 2 heterocycles. The molecule has 2 aromatic rings. The Morgan fingerprint density at radius 1 is 1.23 bits per heavy atom. The van der Waals surface area contributed by atoms with Crippen molar-refractivity contribution >= 4 is 56.3 Å². The summed E-state index contributed by atoms with van der Waals surface area (Å²) < 4.78 is 6.29. The maximum absolute atomic E-state index is 13.5. The average molecular weight is 520 g/mol. The number of rotatable bonds is 5. The Morgan fingerprint density at radius 3 is 2.61 bits per heavy atom. The zero-order chi connectivity index (χ0) is 22.1. The molecule has 0 saturated carbocycles. The van der Waals surface area contributed by atoms with Crippen LogP contribution in [0, 0.1) is 0 Å². The van der Waals surface area contributed by atoms with Gasteiger partial charge in [0.15, 0.2) is 5.17 Å². The first-order chi connectivity index (χ1) is 14.9. The van der Waals surface area contributed by atoms with E-state index < -0.39 is 12.0 Å². The van der Waals surface area contributed by atoms with Crippen LogP contribution in [-0.2, 0) is 20.7 Å². The molecular formula is C23H20BrClN2O3S. The Balaban J connectivity index is 1.74. The molecule has 2 atom stereocenters. The Bertz CT molecular complexity index is 1100. The summed E-state index contributed by atoms with van der Waals surface area (Å²) in [6, 6.07) is 14.5. The van der Waals surface area contributed by atoms with Crippen molar-refractivity contribution in [1.82, 2.24) is 4.90 Å². The number of ether oxygens (including phenoxy) is 1. The van der Waals surface area contributed by atoms with Crippen LogP contribution >= 0.6 is 39.3 Å². The van der Waals surface area contributed by atoms with Gasteiger partial charge in [-0.15, -0.1) is 0 Å². The van der Waals surface area contributed by atoms with Gasteiger partial charge in [0.1, 0.15) is 0 Å². The molecule has 0 unspecified atom stereocenters. The topological polar surface area (TPSA) is 59.0 Å². The van der Waals surface area contributed by atoms with Crippen LogP contribution in [0.1, 0.15) is 31.0 Å². The molecule has 4 rings (SSSR count). The summed E-state index contributed by atoms with van der Waals surface area (Å²) >= 11 is 11.4. The van der Waals surface area contributed by atoms with Crippen molar-refractivity contribution in [2.24, 2.45) is 4.99 Å². The molecule has 1 amide bonds. The fourth-order valence-corrected chi connectivity index (χ4v) is 5.50. The lowest BCUT2D eigenvalue weighted by molar-refractivity contribution is -0.139. The number of halogens is 2. The molecule has 8 heteroatoms. The Morgan fingerprint density at radius 2 is 1.94 bits per heavy atom. The molecule has 2 aromatic carbocycles. The lowest BCUT2D eigenvalue weighted by Gasteiger charge is -2.33. The number of allylic oxidation sites excluding steroid dienone is 1. The lowest BCUT2D eigenvalue weighted by atomic mass is 9.94. The number of amidine groups is 1. The van der Waals surface area contributed by atoms with E-state index in [1.54, 1.807) is 24.8 Å². The zero-order valence-corrected chi connectivity index (χ0v) is 20.1. The van der Waals surface area contributed by atoms with Gasteiger partial charge in [-0.3, -0.25) is 9.69 Å². The van der Waals surface area contributed by atoms with Crippen LogP contribution in [0.25, 0.3) is 0 Å². The van der Waals surface area contributed by atoms with E-state index in [1.807, 2.05) is 42.5 Å². The van der Waals surface area contributed by atoms with Crippen molar-refractivity contribution in [2.45, 2.75) is 31.6 Å². The van der Waals surface area contributed by atoms with E-state index in [2.05, 4.69) is 20.9 Å². The molecule has 1 saturated heterocycles. The summed E-state index contributed by atoms with van der Waals surface area (Å²) in [5.41, 5.74) is 2.62. The minimum atomic E-state index is -0.671. The third-order valence-electron chi connectivity index (χ3n) is 5.18. The van der Waals surface area contributed by atoms with Gasteiger partial charge in [-0.25, -0.2) is 9.79 Å². The summed E-state index contributed by atoms with van der Waals surface area (Å²) in [5, 5.41) is 0.736. The lowest BCUT2D eigenvalue weighted by Crippen LogP contribution is -2.41. The van der Waals surface area contributed by atoms with Gasteiger partial charge in [0.2, 0.25) is 5.91 Å². The summed E-state index contributed by atoms with van der Waals surface area (Å²) in [5.74, 6) is -0.576. The van der Waals surface area contributed by atoms with Crippen molar-refractivity contribution in [3.63, 3.8) is 0 Å². The molecule has 2 aliphatic rings. The molecule has 0 aliphatic carbocycles. The SMILES string of the molecule is CCOC(=O)C1=C(C)N=C2S[C@@H](Cc3ccc(Br)cc3)C(=O)N2[C@@H]1c1ccccc1Cl. The number of fused-ring (bicyclic) bond motifs is 1. The van der Waals surface area contributed by atoms with Crippen LogP contribution in [-0.4, -0.2) is 33.8 Å². The highest BCUT2D eigenvalue weighted by Crippen LogP contribution is 2.45. The highest BCUT2D eigenvalue weighted by molar-refractivity contribution is 9.10.